The molecule has 0 aromatic heterocycles. The van der Waals surface area contributed by atoms with Crippen LogP contribution in [0.3, 0.4) is 0 Å². The van der Waals surface area contributed by atoms with Crippen molar-refractivity contribution in [2.45, 2.75) is 33.6 Å². The van der Waals surface area contributed by atoms with E-state index in [0.717, 1.165) is 22.4 Å². The molecule has 2 rings (SSSR count). The number of hydrogen-bond acceptors (Lipinski definition) is 5. The number of benzene rings is 2. The van der Waals surface area contributed by atoms with Gasteiger partial charge in [0.1, 0.15) is 0 Å². The standard InChI is InChI=1S/C22H27N3O4/c1-5-29-20-13-17(9-10-19(20)28-4)14-23-25-22(27)12-11-21(26)24-18-8-6-7-15(2)16(18)3/h6-10,13-14H,5,11-12H2,1-4H3,(H,24,26)(H,25,27). The van der Waals surface area contributed by atoms with Crippen LogP contribution in [0.4, 0.5) is 5.69 Å². The van der Waals surface area contributed by atoms with Crippen LogP contribution in [0.1, 0.15) is 36.5 Å². The Hall–Kier alpha value is -3.35. The van der Waals surface area contributed by atoms with Crippen LogP contribution in [-0.2, 0) is 9.59 Å². The monoisotopic (exact) mass is 397 g/mol. The van der Waals surface area contributed by atoms with Gasteiger partial charge in [-0.15, -0.1) is 0 Å². The zero-order valence-electron chi connectivity index (χ0n) is 17.2. The van der Waals surface area contributed by atoms with Gasteiger partial charge in [0.05, 0.1) is 19.9 Å². The van der Waals surface area contributed by atoms with Crippen LogP contribution >= 0.6 is 0 Å². The summed E-state index contributed by atoms with van der Waals surface area (Å²) in [5.41, 5.74) is 6.06. The first-order valence-corrected chi connectivity index (χ1v) is 9.43. The highest BCUT2D eigenvalue weighted by atomic mass is 16.5. The number of aryl methyl sites for hydroxylation is 1. The summed E-state index contributed by atoms with van der Waals surface area (Å²) in [7, 11) is 1.57. The summed E-state index contributed by atoms with van der Waals surface area (Å²) in [6, 6.07) is 11.1. The Labute approximate surface area is 171 Å². The maximum absolute atomic E-state index is 12.1. The summed E-state index contributed by atoms with van der Waals surface area (Å²) >= 11 is 0. The molecule has 0 fully saturated rings. The van der Waals surface area contributed by atoms with Crippen LogP contribution in [0.25, 0.3) is 0 Å². The fourth-order valence-corrected chi connectivity index (χ4v) is 2.60. The first-order chi connectivity index (χ1) is 13.9. The molecule has 7 nitrogen and oxygen atoms in total. The van der Waals surface area contributed by atoms with Gasteiger partial charge in [0.2, 0.25) is 11.8 Å². The third-order valence-corrected chi connectivity index (χ3v) is 4.35. The molecule has 29 heavy (non-hydrogen) atoms. The number of hydrogen-bond donors (Lipinski definition) is 2. The van der Waals surface area contributed by atoms with Gasteiger partial charge in [0.15, 0.2) is 11.5 Å². The van der Waals surface area contributed by atoms with Crippen molar-refractivity contribution in [3.05, 3.63) is 53.1 Å². The molecule has 0 saturated heterocycles. The zero-order chi connectivity index (χ0) is 21.2. The third-order valence-electron chi connectivity index (χ3n) is 4.35. The second kappa shape index (κ2) is 10.8. The number of nitrogens with one attached hydrogen (secondary N) is 2. The minimum absolute atomic E-state index is 0.0425. The van der Waals surface area contributed by atoms with E-state index in [4.69, 9.17) is 9.47 Å². The molecule has 0 bridgehead atoms. The second-order valence-electron chi connectivity index (χ2n) is 6.43. The van der Waals surface area contributed by atoms with Gasteiger partial charge in [0, 0.05) is 18.5 Å². The van der Waals surface area contributed by atoms with Crippen LogP contribution in [-0.4, -0.2) is 31.7 Å². The average molecular weight is 397 g/mol. The third kappa shape index (κ3) is 6.64. The quantitative estimate of drug-likeness (QED) is 0.500. The summed E-state index contributed by atoms with van der Waals surface area (Å²) in [6.07, 6.45) is 1.63. The average Bonchev–Trinajstić information content (AvgIpc) is 2.70. The van der Waals surface area contributed by atoms with Crippen LogP contribution in [0.2, 0.25) is 0 Å². The zero-order valence-corrected chi connectivity index (χ0v) is 17.2. The number of carbonyl (C=O) groups excluding carboxylic acids is 2. The lowest BCUT2D eigenvalue weighted by Gasteiger charge is -2.10. The van der Waals surface area contributed by atoms with Crippen LogP contribution in [0, 0.1) is 13.8 Å². The normalized spacial score (nSPS) is 10.6. The van der Waals surface area contributed by atoms with Gasteiger partial charge in [-0.3, -0.25) is 9.59 Å². The number of amides is 2. The topological polar surface area (TPSA) is 89.0 Å². The van der Waals surface area contributed by atoms with E-state index in [1.54, 1.807) is 25.3 Å². The first kappa shape index (κ1) is 21.9. The molecule has 0 heterocycles. The van der Waals surface area contributed by atoms with E-state index < -0.39 is 0 Å². The van der Waals surface area contributed by atoms with E-state index in [1.807, 2.05) is 39.0 Å². The van der Waals surface area contributed by atoms with Gasteiger partial charge in [-0.05, 0) is 61.7 Å². The summed E-state index contributed by atoms with van der Waals surface area (Å²) in [5.74, 6) is 0.682. The summed E-state index contributed by atoms with van der Waals surface area (Å²) < 4.78 is 10.7. The highest BCUT2D eigenvalue weighted by Crippen LogP contribution is 2.27. The molecule has 0 aliphatic rings. The van der Waals surface area contributed by atoms with Crippen LogP contribution in [0.15, 0.2) is 41.5 Å². The Kier molecular flexibility index (Phi) is 8.21. The number of methoxy groups -OCH3 is 1. The van der Waals surface area contributed by atoms with Crippen molar-refractivity contribution in [2.75, 3.05) is 19.0 Å². The van der Waals surface area contributed by atoms with Crippen LogP contribution in [0.5, 0.6) is 11.5 Å². The van der Waals surface area contributed by atoms with Crippen LogP contribution < -0.4 is 20.2 Å². The van der Waals surface area contributed by atoms with E-state index in [-0.39, 0.29) is 24.7 Å². The second-order valence-corrected chi connectivity index (χ2v) is 6.43. The SMILES string of the molecule is CCOc1cc(C=NNC(=O)CCC(=O)Nc2cccc(C)c2C)ccc1OC. The summed E-state index contributed by atoms with van der Waals surface area (Å²) in [5, 5.41) is 6.77. The largest absolute Gasteiger partial charge is 0.493 e. The van der Waals surface area contributed by atoms with Crippen molar-refractivity contribution < 1.29 is 19.1 Å². The lowest BCUT2D eigenvalue weighted by Crippen LogP contribution is -2.21. The van der Waals surface area contributed by atoms with Gasteiger partial charge in [-0.2, -0.15) is 5.10 Å². The highest BCUT2D eigenvalue weighted by molar-refractivity contribution is 5.94. The lowest BCUT2D eigenvalue weighted by atomic mass is 10.1. The molecule has 0 aliphatic carbocycles. The van der Waals surface area contributed by atoms with Gasteiger partial charge >= 0.3 is 0 Å². The predicted molar refractivity (Wildman–Crippen MR) is 114 cm³/mol. The Morgan fingerprint density at radius 2 is 1.83 bits per heavy atom. The molecule has 0 saturated carbocycles. The minimum Gasteiger partial charge on any atom is -0.493 e. The predicted octanol–water partition coefficient (Wildman–Crippen LogP) is 3.58. The minimum atomic E-state index is -0.337. The number of hydrazone groups is 1. The van der Waals surface area contributed by atoms with Gasteiger partial charge in [0.25, 0.3) is 0 Å². The lowest BCUT2D eigenvalue weighted by molar-refractivity contribution is -0.124. The Balaban J connectivity index is 1.83. The highest BCUT2D eigenvalue weighted by Gasteiger charge is 2.09. The van der Waals surface area contributed by atoms with Crippen molar-refractivity contribution in [1.29, 1.82) is 0 Å². The van der Waals surface area contributed by atoms with Crippen molar-refractivity contribution in [3.63, 3.8) is 0 Å². The first-order valence-electron chi connectivity index (χ1n) is 9.43. The fraction of sp³-hybridized carbons (Fsp3) is 0.318. The number of anilines is 1. The van der Waals surface area contributed by atoms with E-state index in [9.17, 15) is 9.59 Å². The molecular weight excluding hydrogens is 370 g/mol. The van der Waals surface area contributed by atoms with Gasteiger partial charge in [-0.25, -0.2) is 5.43 Å². The fourth-order valence-electron chi connectivity index (χ4n) is 2.60. The molecule has 2 aromatic carbocycles. The molecule has 2 amide bonds. The molecule has 2 aromatic rings. The van der Waals surface area contributed by atoms with Crippen molar-refractivity contribution in [3.8, 4) is 11.5 Å². The van der Waals surface area contributed by atoms with E-state index >= 15 is 0 Å². The smallest absolute Gasteiger partial charge is 0.240 e. The maximum atomic E-state index is 12.1. The molecule has 2 N–H and O–H groups in total. The summed E-state index contributed by atoms with van der Waals surface area (Å²) in [4.78, 5) is 24.0. The number of carbonyl (C=O) groups is 2. The van der Waals surface area contributed by atoms with Gasteiger partial charge < -0.3 is 14.8 Å². The van der Waals surface area contributed by atoms with E-state index in [0.29, 0.717) is 18.1 Å². The number of ether oxygens (including phenoxy) is 2. The molecule has 0 unspecified atom stereocenters. The van der Waals surface area contributed by atoms with E-state index in [2.05, 4.69) is 15.8 Å². The number of nitrogens with zero attached hydrogens (tertiary/aromatic N) is 1. The van der Waals surface area contributed by atoms with Crippen molar-refractivity contribution in [2.24, 2.45) is 5.10 Å². The molecule has 154 valence electrons. The Bertz CT molecular complexity index is 894. The van der Waals surface area contributed by atoms with E-state index in [1.165, 1.54) is 6.21 Å². The van der Waals surface area contributed by atoms with Gasteiger partial charge in [-0.1, -0.05) is 12.1 Å². The molecule has 0 aliphatic heterocycles. The molecule has 0 radical (unpaired) electrons. The Morgan fingerprint density at radius 1 is 1.07 bits per heavy atom. The van der Waals surface area contributed by atoms with Crippen molar-refractivity contribution in [1.82, 2.24) is 5.43 Å². The molecular formula is C22H27N3O4. The van der Waals surface area contributed by atoms with Crippen molar-refractivity contribution >= 4 is 23.7 Å². The molecule has 7 heteroatoms. The molecule has 0 atom stereocenters. The Morgan fingerprint density at radius 3 is 2.55 bits per heavy atom. The maximum Gasteiger partial charge on any atom is 0.240 e. The summed E-state index contributed by atoms with van der Waals surface area (Å²) in [6.45, 7) is 6.33. The molecule has 0 spiro atoms. The number of rotatable bonds is 9.